The number of carbonyl (C=O) groups is 1. The van der Waals surface area contributed by atoms with Crippen LogP contribution in [0.15, 0.2) is 36.5 Å². The maximum absolute atomic E-state index is 10.8. The second kappa shape index (κ2) is 4.23. The molecule has 1 aromatic heterocycles. The second-order valence-corrected chi connectivity index (χ2v) is 3.55. The lowest BCUT2D eigenvalue weighted by molar-refractivity contribution is 0.112. The topological polar surface area (TPSA) is 31.2 Å². The number of ether oxygens (including phenoxy) is 1. The quantitative estimate of drug-likeness (QED) is 0.737. The molecular weight excluding hydrogens is 202 g/mol. The zero-order valence-corrected chi connectivity index (χ0v) is 9.31. The fourth-order valence-electron chi connectivity index (χ4n) is 1.69. The molecular formula is C13H13NO2. The van der Waals surface area contributed by atoms with Crippen molar-refractivity contribution in [2.45, 2.75) is 6.92 Å². The fourth-order valence-corrected chi connectivity index (χ4v) is 1.69. The summed E-state index contributed by atoms with van der Waals surface area (Å²) >= 11 is 0. The van der Waals surface area contributed by atoms with E-state index in [1.807, 2.05) is 48.0 Å². The smallest absolute Gasteiger partial charge is 0.151 e. The predicted molar refractivity (Wildman–Crippen MR) is 62.4 cm³/mol. The van der Waals surface area contributed by atoms with E-state index in [1.54, 1.807) is 7.11 Å². The Bertz CT molecular complexity index is 514. The number of aromatic nitrogens is 1. The van der Waals surface area contributed by atoms with Gasteiger partial charge in [-0.25, -0.2) is 0 Å². The van der Waals surface area contributed by atoms with Crippen LogP contribution in [0, 0.1) is 6.92 Å². The lowest BCUT2D eigenvalue weighted by Crippen LogP contribution is -1.96. The zero-order valence-electron chi connectivity index (χ0n) is 9.31. The van der Waals surface area contributed by atoms with Crippen molar-refractivity contribution >= 4 is 6.29 Å². The first-order chi connectivity index (χ1) is 7.76. The van der Waals surface area contributed by atoms with Gasteiger partial charge in [0.1, 0.15) is 5.75 Å². The maximum Gasteiger partial charge on any atom is 0.151 e. The largest absolute Gasteiger partial charge is 0.497 e. The SMILES string of the molecule is COc1cccc(-n2ccc(C=O)c2C)c1. The Morgan fingerprint density at radius 1 is 1.31 bits per heavy atom. The summed E-state index contributed by atoms with van der Waals surface area (Å²) in [4.78, 5) is 10.8. The van der Waals surface area contributed by atoms with Crippen LogP contribution in [0.1, 0.15) is 16.1 Å². The molecule has 0 bridgehead atoms. The van der Waals surface area contributed by atoms with Gasteiger partial charge in [0, 0.05) is 29.2 Å². The molecule has 2 rings (SSSR count). The summed E-state index contributed by atoms with van der Waals surface area (Å²) < 4.78 is 7.13. The minimum absolute atomic E-state index is 0.711. The summed E-state index contributed by atoms with van der Waals surface area (Å²) in [6.07, 6.45) is 2.75. The van der Waals surface area contributed by atoms with Crippen molar-refractivity contribution < 1.29 is 9.53 Å². The van der Waals surface area contributed by atoms with Gasteiger partial charge in [0.25, 0.3) is 0 Å². The molecule has 1 aromatic carbocycles. The Labute approximate surface area is 94.3 Å². The highest BCUT2D eigenvalue weighted by atomic mass is 16.5. The van der Waals surface area contributed by atoms with Crippen molar-refractivity contribution in [3.8, 4) is 11.4 Å². The van der Waals surface area contributed by atoms with Gasteiger partial charge in [-0.1, -0.05) is 6.07 Å². The van der Waals surface area contributed by atoms with Gasteiger partial charge >= 0.3 is 0 Å². The summed E-state index contributed by atoms with van der Waals surface area (Å²) in [5, 5.41) is 0. The molecule has 0 amide bonds. The zero-order chi connectivity index (χ0) is 11.5. The van der Waals surface area contributed by atoms with Crippen LogP contribution in [0.25, 0.3) is 5.69 Å². The number of hydrogen-bond donors (Lipinski definition) is 0. The number of hydrogen-bond acceptors (Lipinski definition) is 2. The molecule has 0 aliphatic carbocycles. The summed E-state index contributed by atoms with van der Waals surface area (Å²) in [6, 6.07) is 9.53. The highest BCUT2D eigenvalue weighted by molar-refractivity contribution is 5.77. The van der Waals surface area contributed by atoms with Crippen LogP contribution < -0.4 is 4.74 Å². The normalized spacial score (nSPS) is 10.1. The lowest BCUT2D eigenvalue weighted by Gasteiger charge is -2.08. The molecule has 0 saturated carbocycles. The summed E-state index contributed by atoms with van der Waals surface area (Å²) in [7, 11) is 1.64. The first-order valence-corrected chi connectivity index (χ1v) is 5.04. The van der Waals surface area contributed by atoms with E-state index in [4.69, 9.17) is 4.74 Å². The van der Waals surface area contributed by atoms with E-state index >= 15 is 0 Å². The molecule has 3 nitrogen and oxygen atoms in total. The Morgan fingerprint density at radius 3 is 2.75 bits per heavy atom. The molecule has 0 radical (unpaired) electrons. The average Bonchev–Trinajstić information content (AvgIpc) is 2.70. The lowest BCUT2D eigenvalue weighted by atomic mass is 10.2. The van der Waals surface area contributed by atoms with Gasteiger partial charge in [-0.2, -0.15) is 0 Å². The van der Waals surface area contributed by atoms with Crippen molar-refractivity contribution in [1.82, 2.24) is 4.57 Å². The molecule has 0 saturated heterocycles. The van der Waals surface area contributed by atoms with Gasteiger partial charge in [0.05, 0.1) is 7.11 Å². The number of methoxy groups -OCH3 is 1. The van der Waals surface area contributed by atoms with Crippen molar-refractivity contribution in [2.24, 2.45) is 0 Å². The monoisotopic (exact) mass is 215 g/mol. The molecule has 0 aliphatic rings. The van der Waals surface area contributed by atoms with E-state index in [9.17, 15) is 4.79 Å². The number of benzene rings is 1. The highest BCUT2D eigenvalue weighted by Crippen LogP contribution is 2.19. The van der Waals surface area contributed by atoms with Gasteiger partial charge in [-0.05, 0) is 25.1 Å². The molecule has 0 atom stereocenters. The molecule has 0 unspecified atom stereocenters. The summed E-state index contributed by atoms with van der Waals surface area (Å²) in [5.74, 6) is 0.804. The molecule has 0 N–H and O–H groups in total. The van der Waals surface area contributed by atoms with E-state index in [0.29, 0.717) is 5.56 Å². The van der Waals surface area contributed by atoms with E-state index in [-0.39, 0.29) is 0 Å². The van der Waals surface area contributed by atoms with Crippen LogP contribution in [0.3, 0.4) is 0 Å². The predicted octanol–water partition coefficient (Wildman–Crippen LogP) is 2.61. The number of nitrogens with zero attached hydrogens (tertiary/aromatic N) is 1. The van der Waals surface area contributed by atoms with Gasteiger partial charge in [-0.3, -0.25) is 4.79 Å². The van der Waals surface area contributed by atoms with E-state index < -0.39 is 0 Å². The van der Waals surface area contributed by atoms with Crippen molar-refractivity contribution in [3.63, 3.8) is 0 Å². The van der Waals surface area contributed by atoms with Crippen molar-refractivity contribution in [2.75, 3.05) is 7.11 Å². The van der Waals surface area contributed by atoms with Crippen LogP contribution >= 0.6 is 0 Å². The molecule has 2 aromatic rings. The Hall–Kier alpha value is -2.03. The molecule has 3 heteroatoms. The molecule has 0 spiro atoms. The molecule has 1 heterocycles. The van der Waals surface area contributed by atoms with E-state index in [0.717, 1.165) is 23.4 Å². The molecule has 0 aliphatic heterocycles. The molecule has 82 valence electrons. The standard InChI is InChI=1S/C13H13NO2/c1-10-11(9-15)6-7-14(10)12-4-3-5-13(8-12)16-2/h3-9H,1-2H3. The van der Waals surface area contributed by atoms with Crippen molar-refractivity contribution in [3.05, 3.63) is 47.8 Å². The van der Waals surface area contributed by atoms with Gasteiger partial charge < -0.3 is 9.30 Å². The fraction of sp³-hybridized carbons (Fsp3) is 0.154. The van der Waals surface area contributed by atoms with Gasteiger partial charge in [0.2, 0.25) is 0 Å². The second-order valence-electron chi connectivity index (χ2n) is 3.55. The third-order valence-electron chi connectivity index (χ3n) is 2.64. The number of aldehydes is 1. The van der Waals surface area contributed by atoms with Crippen LogP contribution in [-0.4, -0.2) is 18.0 Å². The Kier molecular flexibility index (Phi) is 2.77. The third kappa shape index (κ3) is 1.72. The van der Waals surface area contributed by atoms with Crippen LogP contribution in [-0.2, 0) is 0 Å². The first-order valence-electron chi connectivity index (χ1n) is 5.04. The minimum atomic E-state index is 0.711. The summed E-state index contributed by atoms with van der Waals surface area (Å²) in [6.45, 7) is 1.92. The molecule has 0 fully saturated rings. The maximum atomic E-state index is 10.8. The number of carbonyl (C=O) groups excluding carboxylic acids is 1. The van der Waals surface area contributed by atoms with Crippen LogP contribution in [0.5, 0.6) is 5.75 Å². The summed E-state index contributed by atoms with van der Waals surface area (Å²) in [5.41, 5.74) is 2.64. The minimum Gasteiger partial charge on any atom is -0.497 e. The van der Waals surface area contributed by atoms with E-state index in [2.05, 4.69) is 0 Å². The van der Waals surface area contributed by atoms with Gasteiger partial charge in [-0.15, -0.1) is 0 Å². The van der Waals surface area contributed by atoms with Crippen LogP contribution in [0.4, 0.5) is 0 Å². The van der Waals surface area contributed by atoms with Crippen LogP contribution in [0.2, 0.25) is 0 Å². The highest BCUT2D eigenvalue weighted by Gasteiger charge is 2.05. The first kappa shape index (κ1) is 10.5. The Balaban J connectivity index is 2.49. The van der Waals surface area contributed by atoms with Crippen molar-refractivity contribution in [1.29, 1.82) is 0 Å². The van der Waals surface area contributed by atoms with E-state index in [1.165, 1.54) is 0 Å². The Morgan fingerprint density at radius 2 is 2.12 bits per heavy atom. The van der Waals surface area contributed by atoms with Gasteiger partial charge in [0.15, 0.2) is 6.29 Å². The molecule has 16 heavy (non-hydrogen) atoms. The average molecular weight is 215 g/mol. The third-order valence-corrected chi connectivity index (χ3v) is 2.64. The number of rotatable bonds is 3.